The monoisotopic (exact) mass is 856 g/mol. The summed E-state index contributed by atoms with van der Waals surface area (Å²) in [7, 11) is 0. The number of benzene rings is 9. The highest BCUT2D eigenvalue weighted by atomic mass is 15.0. The van der Waals surface area contributed by atoms with Gasteiger partial charge in [-0.05, 0) is 111 Å². The first-order valence-electron chi connectivity index (χ1n) is 22.9. The van der Waals surface area contributed by atoms with Gasteiger partial charge in [-0.25, -0.2) is 15.0 Å². The molecule has 4 nitrogen and oxygen atoms in total. The lowest BCUT2D eigenvalue weighted by atomic mass is 9.90. The van der Waals surface area contributed by atoms with Crippen LogP contribution in [-0.4, -0.2) is 19.5 Å². The molecule has 9 aromatic carbocycles. The third-order valence-electron chi connectivity index (χ3n) is 12.9. The molecule has 1 unspecified atom stereocenters. The van der Waals surface area contributed by atoms with E-state index in [1.807, 2.05) is 18.2 Å². The van der Waals surface area contributed by atoms with Gasteiger partial charge in [-0.3, -0.25) is 0 Å². The first-order valence-corrected chi connectivity index (χ1v) is 22.9. The first kappa shape index (κ1) is 39.8. The molecule has 0 radical (unpaired) electrons. The van der Waals surface area contributed by atoms with Crippen LogP contribution in [0.2, 0.25) is 0 Å². The molecule has 0 N–H and O–H groups in total. The van der Waals surface area contributed by atoms with E-state index in [4.69, 9.17) is 15.0 Å². The van der Waals surface area contributed by atoms with E-state index in [0.29, 0.717) is 17.5 Å². The van der Waals surface area contributed by atoms with E-state index in [1.54, 1.807) is 0 Å². The van der Waals surface area contributed by atoms with E-state index >= 15 is 0 Å². The fourth-order valence-electron chi connectivity index (χ4n) is 9.60. The van der Waals surface area contributed by atoms with Crippen LogP contribution >= 0.6 is 0 Å². The average Bonchev–Trinajstić information content (AvgIpc) is 3.75. The van der Waals surface area contributed by atoms with Crippen LogP contribution in [0.1, 0.15) is 17.9 Å². The minimum absolute atomic E-state index is 0.154. The molecule has 1 aliphatic rings. The molecule has 67 heavy (non-hydrogen) atoms. The van der Waals surface area contributed by atoms with Gasteiger partial charge in [0.25, 0.3) is 0 Å². The van der Waals surface area contributed by atoms with Gasteiger partial charge in [-0.2, -0.15) is 0 Å². The number of nitrogens with zero attached hydrogens (tertiary/aromatic N) is 4. The van der Waals surface area contributed by atoms with E-state index < -0.39 is 0 Å². The molecule has 1 atom stereocenters. The van der Waals surface area contributed by atoms with E-state index in [-0.39, 0.29) is 5.92 Å². The first-order chi connectivity index (χ1) is 33.2. The molecule has 0 bridgehead atoms. The molecule has 12 rings (SSSR count). The number of para-hydroxylation sites is 1. The van der Waals surface area contributed by atoms with E-state index in [2.05, 4.69) is 235 Å². The third kappa shape index (κ3) is 7.85. The largest absolute Gasteiger partial charge is 0.310 e. The Bertz CT molecular complexity index is 3640. The Morgan fingerprint density at radius 3 is 1.37 bits per heavy atom. The van der Waals surface area contributed by atoms with Crippen molar-refractivity contribution in [2.24, 2.45) is 0 Å². The quantitative estimate of drug-likeness (QED) is 0.145. The summed E-state index contributed by atoms with van der Waals surface area (Å²) in [6.45, 7) is 0. The fraction of sp³-hybridized carbons (Fsp3) is 0.0317. The minimum Gasteiger partial charge on any atom is -0.310 e. The summed E-state index contributed by atoms with van der Waals surface area (Å²) >= 11 is 0. The van der Waals surface area contributed by atoms with Crippen LogP contribution in [0, 0.1) is 0 Å². The molecule has 2 aromatic heterocycles. The zero-order chi connectivity index (χ0) is 44.5. The van der Waals surface area contributed by atoms with E-state index in [1.165, 1.54) is 60.4 Å². The lowest BCUT2D eigenvalue weighted by Crippen LogP contribution is -2.31. The number of fused-ring (bicyclic) bond motifs is 3. The molecule has 1 aliphatic carbocycles. The highest BCUT2D eigenvalue weighted by Gasteiger charge is 2.20. The summed E-state index contributed by atoms with van der Waals surface area (Å²) in [5.41, 5.74) is 15.7. The second kappa shape index (κ2) is 17.3. The molecule has 0 amide bonds. The predicted octanol–water partition coefficient (Wildman–Crippen LogP) is 14.2. The summed E-state index contributed by atoms with van der Waals surface area (Å²) < 4.78 is 2.41. The average molecular weight is 857 g/mol. The van der Waals surface area contributed by atoms with Gasteiger partial charge in [-0.15, -0.1) is 0 Å². The van der Waals surface area contributed by atoms with Crippen molar-refractivity contribution < 1.29 is 0 Å². The van der Waals surface area contributed by atoms with Gasteiger partial charge in [0.1, 0.15) is 0 Å². The SMILES string of the molecule is C1=c2c(n(-c3ccccc3)c3ccc(-c4ccccc4)cc23)=CCC1c1cccc(-c2nc(-c3ccccc3)nc(-c3cccc(-c4cc(-c5ccccc5)cc(-c5ccccc5)c4)c3)n2)c1. The standard InChI is InChI=1S/C63H44N4/c1-6-18-43(19-7-1)49-32-34-59-57(41-49)58-42-50(33-35-60(58)67(59)56-30-14-5-15-31-56)47-26-16-28-51(36-47)62-64-61(46-24-12-4-13-25-46)65-63(66-62)52-29-17-27-48(37-52)55-39-53(44-20-8-2-9-21-44)38-54(40-55)45-22-10-3-11-23-45/h1-32,34-42,50H,33H2. The van der Waals surface area contributed by atoms with Crippen LogP contribution in [0.15, 0.2) is 237 Å². The molecular formula is C63H44N4. The van der Waals surface area contributed by atoms with Gasteiger partial charge in [-0.1, -0.05) is 194 Å². The van der Waals surface area contributed by atoms with Gasteiger partial charge in [0.15, 0.2) is 17.5 Å². The third-order valence-corrected chi connectivity index (χ3v) is 12.9. The minimum atomic E-state index is 0.154. The Balaban J connectivity index is 0.957. The van der Waals surface area contributed by atoms with Crippen molar-refractivity contribution in [3.8, 4) is 84.4 Å². The number of hydrogen-bond donors (Lipinski definition) is 0. The normalized spacial score (nSPS) is 13.1. The summed E-state index contributed by atoms with van der Waals surface area (Å²) in [5, 5.41) is 3.74. The van der Waals surface area contributed by atoms with Crippen LogP contribution in [0.4, 0.5) is 0 Å². The molecular weight excluding hydrogens is 813 g/mol. The van der Waals surface area contributed by atoms with Crippen LogP contribution in [-0.2, 0) is 0 Å². The van der Waals surface area contributed by atoms with Gasteiger partial charge in [0.2, 0.25) is 0 Å². The molecule has 0 fully saturated rings. The number of rotatable bonds is 9. The Hall–Kier alpha value is -8.73. The van der Waals surface area contributed by atoms with Gasteiger partial charge >= 0.3 is 0 Å². The Morgan fingerprint density at radius 2 is 0.776 bits per heavy atom. The maximum atomic E-state index is 5.26. The van der Waals surface area contributed by atoms with Crippen molar-refractivity contribution in [2.45, 2.75) is 12.3 Å². The summed E-state index contributed by atoms with van der Waals surface area (Å²) in [6, 6.07) is 83.9. The lowest BCUT2D eigenvalue weighted by molar-refractivity contribution is 0.907. The molecule has 0 saturated carbocycles. The van der Waals surface area contributed by atoms with E-state index in [0.717, 1.165) is 39.9 Å². The van der Waals surface area contributed by atoms with Crippen molar-refractivity contribution in [1.29, 1.82) is 0 Å². The zero-order valence-electron chi connectivity index (χ0n) is 36.7. The predicted molar refractivity (Wildman–Crippen MR) is 277 cm³/mol. The fourth-order valence-corrected chi connectivity index (χ4v) is 9.60. The maximum absolute atomic E-state index is 5.26. The molecule has 0 aliphatic heterocycles. The van der Waals surface area contributed by atoms with Crippen LogP contribution < -0.4 is 10.6 Å². The molecule has 4 heteroatoms. The summed E-state index contributed by atoms with van der Waals surface area (Å²) in [6.07, 6.45) is 5.76. The molecule has 11 aromatic rings. The smallest absolute Gasteiger partial charge is 0.164 e. The van der Waals surface area contributed by atoms with Crippen LogP contribution in [0.25, 0.3) is 107 Å². The zero-order valence-corrected chi connectivity index (χ0v) is 36.7. The topological polar surface area (TPSA) is 43.6 Å². The summed E-state index contributed by atoms with van der Waals surface area (Å²) in [4.78, 5) is 15.6. The Morgan fingerprint density at radius 1 is 0.343 bits per heavy atom. The van der Waals surface area contributed by atoms with Crippen molar-refractivity contribution in [3.63, 3.8) is 0 Å². The molecule has 316 valence electrons. The Labute approximate surface area is 390 Å². The second-order valence-electron chi connectivity index (χ2n) is 17.2. The maximum Gasteiger partial charge on any atom is 0.164 e. The van der Waals surface area contributed by atoms with Gasteiger partial charge in [0, 0.05) is 44.2 Å². The van der Waals surface area contributed by atoms with Crippen molar-refractivity contribution in [1.82, 2.24) is 19.5 Å². The van der Waals surface area contributed by atoms with Crippen LogP contribution in [0.5, 0.6) is 0 Å². The van der Waals surface area contributed by atoms with E-state index in [9.17, 15) is 0 Å². The van der Waals surface area contributed by atoms with Crippen LogP contribution in [0.3, 0.4) is 0 Å². The molecule has 2 heterocycles. The lowest BCUT2D eigenvalue weighted by Gasteiger charge is -2.16. The summed E-state index contributed by atoms with van der Waals surface area (Å²) in [5.74, 6) is 2.06. The molecule has 0 saturated heterocycles. The highest BCUT2D eigenvalue weighted by molar-refractivity contribution is 5.89. The van der Waals surface area contributed by atoms with Crippen molar-refractivity contribution >= 4 is 23.1 Å². The molecule has 0 spiro atoms. The van der Waals surface area contributed by atoms with Gasteiger partial charge in [0.05, 0.1) is 5.52 Å². The van der Waals surface area contributed by atoms with Crippen molar-refractivity contribution in [2.75, 3.05) is 0 Å². The number of hydrogen-bond acceptors (Lipinski definition) is 3. The highest BCUT2D eigenvalue weighted by Crippen LogP contribution is 2.36. The second-order valence-corrected chi connectivity index (χ2v) is 17.2. The number of aromatic nitrogens is 4. The van der Waals surface area contributed by atoms with Gasteiger partial charge < -0.3 is 4.57 Å². The van der Waals surface area contributed by atoms with Crippen molar-refractivity contribution in [3.05, 3.63) is 253 Å². The Kier molecular flexibility index (Phi) is 10.3.